The molecular weight excluding hydrogens is 308 g/mol. The Bertz CT molecular complexity index is 854. The lowest BCUT2D eigenvalue weighted by Gasteiger charge is -2.25. The number of fused-ring (bicyclic) bond motifs is 1. The van der Waals surface area contributed by atoms with E-state index in [-0.39, 0.29) is 11.7 Å². The van der Waals surface area contributed by atoms with Crippen molar-refractivity contribution in [2.45, 2.75) is 18.8 Å². The number of para-hydroxylation sites is 2. The van der Waals surface area contributed by atoms with Gasteiger partial charge in [0, 0.05) is 23.4 Å². The molecule has 114 valence electrons. The monoisotopic (exact) mass is 322 g/mol. The minimum atomic E-state index is 0.125. The highest BCUT2D eigenvalue weighted by Gasteiger charge is 2.29. The molecule has 0 saturated carbocycles. The zero-order valence-corrected chi connectivity index (χ0v) is 13.2. The number of carbonyl (C=O) groups excluding carboxylic acids is 1. The molecule has 2 aromatic rings. The average molecular weight is 323 g/mol. The number of allylic oxidation sites excluding steroid dienone is 2. The van der Waals surface area contributed by atoms with Crippen LogP contribution in [0.2, 0.25) is 5.02 Å². The third-order valence-electron chi connectivity index (χ3n) is 4.35. The van der Waals surface area contributed by atoms with Gasteiger partial charge in [0.25, 0.3) is 0 Å². The summed E-state index contributed by atoms with van der Waals surface area (Å²) in [4.78, 5) is 17.0. The Balaban J connectivity index is 1.70. The Morgan fingerprint density at radius 3 is 2.83 bits per heavy atom. The van der Waals surface area contributed by atoms with Crippen molar-refractivity contribution >= 4 is 35.0 Å². The van der Waals surface area contributed by atoms with E-state index in [9.17, 15) is 4.79 Å². The van der Waals surface area contributed by atoms with Crippen molar-refractivity contribution in [2.24, 2.45) is 4.99 Å². The molecule has 1 aliphatic carbocycles. The van der Waals surface area contributed by atoms with Crippen LogP contribution in [0.4, 0.5) is 11.4 Å². The zero-order chi connectivity index (χ0) is 15.8. The second-order valence-corrected chi connectivity index (χ2v) is 6.31. The van der Waals surface area contributed by atoms with Crippen LogP contribution in [-0.2, 0) is 4.79 Å². The molecule has 0 saturated heterocycles. The Hall–Kier alpha value is -2.39. The summed E-state index contributed by atoms with van der Waals surface area (Å²) in [6.07, 6.45) is 2.97. The third kappa shape index (κ3) is 2.68. The first-order chi connectivity index (χ1) is 11.2. The fourth-order valence-electron chi connectivity index (χ4n) is 3.18. The molecule has 0 spiro atoms. The normalized spacial score (nSPS) is 19.7. The van der Waals surface area contributed by atoms with Crippen LogP contribution in [0.25, 0.3) is 0 Å². The molecule has 1 aliphatic heterocycles. The number of anilines is 1. The van der Waals surface area contributed by atoms with Crippen LogP contribution in [-0.4, -0.2) is 12.0 Å². The SMILES string of the molecule is O=C1C[C@H](c2cccc(Cl)c2)CC2=C1C=Nc1ccccc1N2. The molecule has 23 heavy (non-hydrogen) atoms. The molecule has 2 aromatic carbocycles. The van der Waals surface area contributed by atoms with Crippen molar-refractivity contribution in [3.63, 3.8) is 0 Å². The van der Waals surface area contributed by atoms with Crippen molar-refractivity contribution in [2.75, 3.05) is 5.32 Å². The first kappa shape index (κ1) is 14.2. The van der Waals surface area contributed by atoms with Gasteiger partial charge in [0.05, 0.1) is 16.9 Å². The van der Waals surface area contributed by atoms with Crippen LogP contribution in [0.3, 0.4) is 0 Å². The van der Waals surface area contributed by atoms with Gasteiger partial charge in [-0.05, 0) is 42.2 Å². The summed E-state index contributed by atoms with van der Waals surface area (Å²) in [7, 11) is 0. The number of halogens is 1. The highest BCUT2D eigenvalue weighted by atomic mass is 35.5. The summed E-state index contributed by atoms with van der Waals surface area (Å²) in [5.74, 6) is 0.270. The van der Waals surface area contributed by atoms with E-state index in [1.165, 1.54) is 0 Å². The third-order valence-corrected chi connectivity index (χ3v) is 4.59. The predicted molar refractivity (Wildman–Crippen MR) is 93.7 cm³/mol. The molecule has 0 amide bonds. The minimum absolute atomic E-state index is 0.125. The van der Waals surface area contributed by atoms with E-state index < -0.39 is 0 Å². The van der Waals surface area contributed by atoms with Crippen LogP contribution < -0.4 is 5.32 Å². The lowest BCUT2D eigenvalue weighted by Crippen LogP contribution is -2.22. The molecule has 3 nitrogen and oxygen atoms in total. The lowest BCUT2D eigenvalue weighted by molar-refractivity contribution is -0.115. The molecule has 1 heterocycles. The predicted octanol–water partition coefficient (Wildman–Crippen LogP) is 4.87. The number of hydrogen-bond donors (Lipinski definition) is 1. The minimum Gasteiger partial charge on any atom is -0.356 e. The van der Waals surface area contributed by atoms with Crippen LogP contribution in [0.15, 0.2) is 64.8 Å². The van der Waals surface area contributed by atoms with Gasteiger partial charge >= 0.3 is 0 Å². The standard InChI is InChI=1S/C19H15ClN2O/c20-14-5-3-4-12(8-14)13-9-18-15(19(23)10-13)11-21-16-6-1-2-7-17(16)22-18/h1-8,11,13,22H,9-10H2/t13-/m1/s1. The fraction of sp³-hybridized carbons (Fsp3) is 0.158. The first-order valence-corrected chi connectivity index (χ1v) is 8.00. The number of nitrogens with one attached hydrogen (secondary N) is 1. The summed E-state index contributed by atoms with van der Waals surface area (Å²) in [5, 5.41) is 4.11. The van der Waals surface area contributed by atoms with E-state index in [0.29, 0.717) is 17.0 Å². The highest BCUT2D eigenvalue weighted by Crippen LogP contribution is 2.38. The molecule has 0 radical (unpaired) electrons. The van der Waals surface area contributed by atoms with Gasteiger partial charge in [-0.1, -0.05) is 35.9 Å². The van der Waals surface area contributed by atoms with Crippen molar-refractivity contribution in [3.05, 3.63) is 70.4 Å². The Morgan fingerprint density at radius 2 is 1.96 bits per heavy atom. The van der Waals surface area contributed by atoms with E-state index in [0.717, 1.165) is 29.1 Å². The molecule has 0 aromatic heterocycles. The van der Waals surface area contributed by atoms with Crippen molar-refractivity contribution in [1.82, 2.24) is 0 Å². The molecule has 0 unspecified atom stereocenters. The maximum atomic E-state index is 12.6. The summed E-state index contributed by atoms with van der Waals surface area (Å²) in [6, 6.07) is 15.6. The quantitative estimate of drug-likeness (QED) is 0.814. The van der Waals surface area contributed by atoms with Crippen LogP contribution in [0.1, 0.15) is 24.3 Å². The number of aliphatic imine (C=N–C) groups is 1. The average Bonchev–Trinajstić information content (AvgIpc) is 2.74. The molecule has 4 rings (SSSR count). The van der Waals surface area contributed by atoms with Crippen molar-refractivity contribution in [1.29, 1.82) is 0 Å². The Labute approximate surface area is 139 Å². The summed E-state index contributed by atoms with van der Waals surface area (Å²) in [5.41, 5.74) is 4.54. The van der Waals surface area contributed by atoms with E-state index in [4.69, 9.17) is 11.6 Å². The smallest absolute Gasteiger partial charge is 0.166 e. The highest BCUT2D eigenvalue weighted by molar-refractivity contribution is 6.30. The van der Waals surface area contributed by atoms with E-state index in [1.807, 2.05) is 48.5 Å². The van der Waals surface area contributed by atoms with Crippen molar-refractivity contribution < 1.29 is 4.79 Å². The lowest BCUT2D eigenvalue weighted by atomic mass is 9.82. The number of carbonyl (C=O) groups is 1. The van der Waals surface area contributed by atoms with Gasteiger partial charge in [0.15, 0.2) is 5.78 Å². The van der Waals surface area contributed by atoms with Gasteiger partial charge in [0.2, 0.25) is 0 Å². The van der Waals surface area contributed by atoms with Gasteiger partial charge in [0.1, 0.15) is 0 Å². The van der Waals surface area contributed by atoms with Gasteiger partial charge in [-0.15, -0.1) is 0 Å². The van der Waals surface area contributed by atoms with Gasteiger partial charge in [-0.3, -0.25) is 9.79 Å². The molecule has 1 N–H and O–H groups in total. The van der Waals surface area contributed by atoms with Crippen LogP contribution in [0.5, 0.6) is 0 Å². The second-order valence-electron chi connectivity index (χ2n) is 5.88. The van der Waals surface area contributed by atoms with Crippen LogP contribution >= 0.6 is 11.6 Å². The number of nitrogens with zero attached hydrogens (tertiary/aromatic N) is 1. The number of rotatable bonds is 1. The molecule has 0 bridgehead atoms. The number of benzene rings is 2. The summed E-state index contributed by atoms with van der Waals surface area (Å²) < 4.78 is 0. The van der Waals surface area contributed by atoms with E-state index in [1.54, 1.807) is 6.21 Å². The largest absolute Gasteiger partial charge is 0.356 e. The fourth-order valence-corrected chi connectivity index (χ4v) is 3.38. The zero-order valence-electron chi connectivity index (χ0n) is 12.4. The molecule has 0 fully saturated rings. The van der Waals surface area contributed by atoms with E-state index >= 15 is 0 Å². The number of Topliss-reactive ketones (excluding diaryl/α,β-unsaturated/α-hetero) is 1. The van der Waals surface area contributed by atoms with Gasteiger partial charge < -0.3 is 5.32 Å². The van der Waals surface area contributed by atoms with Crippen LogP contribution in [0, 0.1) is 0 Å². The maximum Gasteiger partial charge on any atom is 0.166 e. The van der Waals surface area contributed by atoms with Gasteiger partial charge in [-0.25, -0.2) is 0 Å². The maximum absolute atomic E-state index is 12.6. The molecule has 2 aliphatic rings. The van der Waals surface area contributed by atoms with Crippen molar-refractivity contribution in [3.8, 4) is 0 Å². The topological polar surface area (TPSA) is 41.5 Å². The Morgan fingerprint density at radius 1 is 1.09 bits per heavy atom. The molecular formula is C19H15ClN2O. The number of hydrogen-bond acceptors (Lipinski definition) is 3. The van der Waals surface area contributed by atoms with E-state index in [2.05, 4.69) is 10.3 Å². The van der Waals surface area contributed by atoms with Gasteiger partial charge in [-0.2, -0.15) is 0 Å². The first-order valence-electron chi connectivity index (χ1n) is 7.62. The Kier molecular flexibility index (Phi) is 3.50. The molecule has 4 heteroatoms. The second kappa shape index (κ2) is 5.67. The summed E-state index contributed by atoms with van der Waals surface area (Å²) >= 11 is 6.10. The molecule has 1 atom stereocenters. The number of ketones is 1. The summed E-state index contributed by atoms with van der Waals surface area (Å²) in [6.45, 7) is 0.